The molecular weight excluding hydrogens is 200 g/mol. The number of furan rings is 1. The van der Waals surface area contributed by atoms with E-state index in [9.17, 15) is 5.11 Å². The van der Waals surface area contributed by atoms with Gasteiger partial charge in [0.2, 0.25) is 0 Å². The molecule has 2 nitrogen and oxygen atoms in total. The fraction of sp³-hybridized carbons (Fsp3) is 0.143. The van der Waals surface area contributed by atoms with Crippen molar-refractivity contribution in [1.82, 2.24) is 0 Å². The van der Waals surface area contributed by atoms with Crippen molar-refractivity contribution in [3.63, 3.8) is 0 Å². The van der Waals surface area contributed by atoms with E-state index in [2.05, 4.69) is 13.0 Å². The zero-order chi connectivity index (χ0) is 11.1. The Morgan fingerprint density at radius 3 is 2.81 bits per heavy atom. The maximum absolute atomic E-state index is 9.49. The highest BCUT2D eigenvalue weighted by molar-refractivity contribution is 6.06. The highest BCUT2D eigenvalue weighted by Crippen LogP contribution is 2.32. The third-order valence-corrected chi connectivity index (χ3v) is 2.94. The van der Waals surface area contributed by atoms with Gasteiger partial charge in [-0.25, -0.2) is 0 Å². The summed E-state index contributed by atoms with van der Waals surface area (Å²) < 4.78 is 5.82. The zero-order valence-electron chi connectivity index (χ0n) is 9.03. The Hall–Kier alpha value is -1.96. The summed E-state index contributed by atoms with van der Waals surface area (Å²) in [4.78, 5) is 0. The summed E-state index contributed by atoms with van der Waals surface area (Å²) in [6, 6.07) is 11.3. The molecule has 80 valence electrons. The van der Waals surface area contributed by atoms with E-state index in [-0.39, 0.29) is 5.75 Å². The molecule has 0 saturated heterocycles. The number of aryl methyl sites for hydroxylation is 1. The molecule has 0 bridgehead atoms. The van der Waals surface area contributed by atoms with E-state index in [1.165, 1.54) is 5.56 Å². The predicted molar refractivity (Wildman–Crippen MR) is 64.8 cm³/mol. The Morgan fingerprint density at radius 1 is 1.12 bits per heavy atom. The fourth-order valence-corrected chi connectivity index (χ4v) is 2.12. The lowest BCUT2D eigenvalue weighted by Gasteiger charge is -1.96. The van der Waals surface area contributed by atoms with Crippen molar-refractivity contribution in [3.8, 4) is 5.75 Å². The Morgan fingerprint density at radius 2 is 2.00 bits per heavy atom. The van der Waals surface area contributed by atoms with Crippen LogP contribution < -0.4 is 0 Å². The second kappa shape index (κ2) is 3.27. The Balaban J connectivity index is 2.50. The normalized spacial score (nSPS) is 11.3. The van der Waals surface area contributed by atoms with Gasteiger partial charge < -0.3 is 9.52 Å². The van der Waals surface area contributed by atoms with Gasteiger partial charge in [-0.1, -0.05) is 25.1 Å². The quantitative estimate of drug-likeness (QED) is 0.664. The van der Waals surface area contributed by atoms with Crippen molar-refractivity contribution in [1.29, 1.82) is 0 Å². The van der Waals surface area contributed by atoms with Gasteiger partial charge in [-0.05, 0) is 30.2 Å². The van der Waals surface area contributed by atoms with E-state index in [1.54, 1.807) is 12.1 Å². The number of phenolic OH excluding ortho intramolecular Hbond substituents is 1. The highest BCUT2D eigenvalue weighted by atomic mass is 16.3. The van der Waals surface area contributed by atoms with Gasteiger partial charge in [-0.3, -0.25) is 0 Å². The van der Waals surface area contributed by atoms with Crippen LogP contribution in [0.1, 0.15) is 12.5 Å². The van der Waals surface area contributed by atoms with Gasteiger partial charge in [0.05, 0.1) is 0 Å². The first-order chi connectivity index (χ1) is 7.79. The number of rotatable bonds is 1. The van der Waals surface area contributed by atoms with Crippen molar-refractivity contribution in [2.75, 3.05) is 0 Å². The number of benzene rings is 2. The molecule has 2 heteroatoms. The third-order valence-electron chi connectivity index (χ3n) is 2.94. The number of hydrogen-bond donors (Lipinski definition) is 1. The second-order valence-corrected chi connectivity index (χ2v) is 3.93. The zero-order valence-corrected chi connectivity index (χ0v) is 9.03. The van der Waals surface area contributed by atoms with Crippen molar-refractivity contribution in [2.24, 2.45) is 0 Å². The summed E-state index contributed by atoms with van der Waals surface area (Å²) >= 11 is 0. The molecule has 0 spiro atoms. The van der Waals surface area contributed by atoms with Crippen LogP contribution in [0.2, 0.25) is 0 Å². The molecule has 0 aliphatic rings. The van der Waals surface area contributed by atoms with Crippen molar-refractivity contribution in [2.45, 2.75) is 13.3 Å². The minimum atomic E-state index is 0.275. The molecule has 0 aliphatic heterocycles. The van der Waals surface area contributed by atoms with E-state index < -0.39 is 0 Å². The number of phenols is 1. The van der Waals surface area contributed by atoms with Gasteiger partial charge in [0, 0.05) is 10.8 Å². The molecule has 0 fully saturated rings. The van der Waals surface area contributed by atoms with Gasteiger partial charge in [0.1, 0.15) is 16.9 Å². The first-order valence-corrected chi connectivity index (χ1v) is 5.42. The van der Waals surface area contributed by atoms with Crippen LogP contribution in [0.4, 0.5) is 0 Å². The van der Waals surface area contributed by atoms with Crippen LogP contribution in [0.25, 0.3) is 21.9 Å². The van der Waals surface area contributed by atoms with E-state index in [4.69, 9.17) is 4.42 Å². The molecule has 2 aromatic carbocycles. The summed E-state index contributed by atoms with van der Waals surface area (Å²) in [5.74, 6) is 0.275. The molecular formula is C14H12O2. The van der Waals surface area contributed by atoms with Crippen molar-refractivity contribution >= 4 is 21.9 Å². The lowest BCUT2D eigenvalue weighted by molar-refractivity contribution is 0.476. The monoisotopic (exact) mass is 212 g/mol. The van der Waals surface area contributed by atoms with Gasteiger partial charge in [0.15, 0.2) is 0 Å². The Labute approximate surface area is 93.1 Å². The predicted octanol–water partition coefficient (Wildman–Crippen LogP) is 3.85. The van der Waals surface area contributed by atoms with E-state index in [0.29, 0.717) is 0 Å². The maximum Gasteiger partial charge on any atom is 0.138 e. The van der Waals surface area contributed by atoms with E-state index >= 15 is 0 Å². The highest BCUT2D eigenvalue weighted by Gasteiger charge is 2.09. The van der Waals surface area contributed by atoms with Crippen LogP contribution in [0.15, 0.2) is 40.8 Å². The fourth-order valence-electron chi connectivity index (χ4n) is 2.12. The molecule has 3 aromatic rings. The summed E-state index contributed by atoms with van der Waals surface area (Å²) in [6.07, 6.45) is 0.948. The van der Waals surface area contributed by atoms with E-state index in [0.717, 1.165) is 28.4 Å². The molecule has 0 atom stereocenters. The minimum Gasteiger partial charge on any atom is -0.508 e. The molecule has 0 unspecified atom stereocenters. The Bertz CT molecular complexity index is 665. The minimum absolute atomic E-state index is 0.275. The lowest BCUT2D eigenvalue weighted by atomic mass is 10.1. The number of fused-ring (bicyclic) bond motifs is 3. The van der Waals surface area contributed by atoms with Gasteiger partial charge >= 0.3 is 0 Å². The molecule has 1 N–H and O–H groups in total. The molecule has 16 heavy (non-hydrogen) atoms. The first kappa shape index (κ1) is 9.28. The Kier molecular flexibility index (Phi) is 1.90. The molecule has 1 aromatic heterocycles. The smallest absolute Gasteiger partial charge is 0.138 e. The standard InChI is InChI=1S/C14H12O2/c1-2-9-4-3-5-11-12-8-10(15)6-7-13(12)16-14(9)11/h3-8,15H,2H2,1H3. The maximum atomic E-state index is 9.49. The van der Waals surface area contributed by atoms with Crippen LogP contribution in [0.5, 0.6) is 5.75 Å². The van der Waals surface area contributed by atoms with Gasteiger partial charge in [-0.2, -0.15) is 0 Å². The van der Waals surface area contributed by atoms with Crippen molar-refractivity contribution < 1.29 is 9.52 Å². The molecule has 0 radical (unpaired) electrons. The second-order valence-electron chi connectivity index (χ2n) is 3.93. The van der Waals surface area contributed by atoms with Crippen LogP contribution in [0.3, 0.4) is 0 Å². The number of aromatic hydroxyl groups is 1. The van der Waals surface area contributed by atoms with Gasteiger partial charge in [0.25, 0.3) is 0 Å². The average molecular weight is 212 g/mol. The largest absolute Gasteiger partial charge is 0.508 e. The summed E-state index contributed by atoms with van der Waals surface area (Å²) in [7, 11) is 0. The molecule has 3 rings (SSSR count). The molecule has 0 amide bonds. The summed E-state index contributed by atoms with van der Waals surface area (Å²) in [6.45, 7) is 2.11. The first-order valence-electron chi connectivity index (χ1n) is 5.42. The third kappa shape index (κ3) is 1.20. The van der Waals surface area contributed by atoms with Crippen molar-refractivity contribution in [3.05, 3.63) is 42.0 Å². The van der Waals surface area contributed by atoms with Crippen LogP contribution in [-0.4, -0.2) is 5.11 Å². The average Bonchev–Trinajstić information content (AvgIpc) is 2.67. The SMILES string of the molecule is CCc1cccc2c1oc1ccc(O)cc12. The lowest BCUT2D eigenvalue weighted by Crippen LogP contribution is -1.78. The summed E-state index contributed by atoms with van der Waals surface area (Å²) in [5.41, 5.74) is 2.97. The van der Waals surface area contributed by atoms with Crippen LogP contribution in [0, 0.1) is 0 Å². The van der Waals surface area contributed by atoms with E-state index in [1.807, 2.05) is 18.2 Å². The van der Waals surface area contributed by atoms with Crippen LogP contribution >= 0.6 is 0 Å². The van der Waals surface area contributed by atoms with Gasteiger partial charge in [-0.15, -0.1) is 0 Å². The molecule has 1 heterocycles. The van der Waals surface area contributed by atoms with Crippen LogP contribution in [-0.2, 0) is 6.42 Å². The molecule has 0 aliphatic carbocycles. The molecule has 0 saturated carbocycles. The number of hydrogen-bond acceptors (Lipinski definition) is 2. The number of para-hydroxylation sites is 1. The summed E-state index contributed by atoms with van der Waals surface area (Å²) in [5, 5.41) is 11.5. The topological polar surface area (TPSA) is 33.4 Å².